The normalized spacial score (nSPS) is 21.7. The van der Waals surface area contributed by atoms with Crippen LogP contribution in [0.5, 0.6) is 0 Å². The van der Waals surface area contributed by atoms with Crippen LogP contribution >= 0.6 is 0 Å². The zero-order chi connectivity index (χ0) is 23.6. The third kappa shape index (κ3) is 3.39. The number of ether oxygens (including phenoxy) is 1. The third-order valence-electron chi connectivity index (χ3n) is 7.72. The molecule has 8 nitrogen and oxygen atoms in total. The highest BCUT2D eigenvalue weighted by atomic mass is 16.5. The maximum Gasteiger partial charge on any atom is 0.158 e. The van der Waals surface area contributed by atoms with Crippen LogP contribution in [0.1, 0.15) is 49.8 Å². The van der Waals surface area contributed by atoms with Crippen LogP contribution in [-0.4, -0.2) is 67.3 Å². The lowest BCUT2D eigenvalue weighted by atomic mass is 9.95. The van der Waals surface area contributed by atoms with Gasteiger partial charge in [0.15, 0.2) is 5.65 Å². The van der Waals surface area contributed by atoms with Crippen molar-refractivity contribution in [1.82, 2.24) is 29.5 Å². The van der Waals surface area contributed by atoms with Gasteiger partial charge in [-0.2, -0.15) is 5.10 Å². The number of hydrogen-bond acceptors (Lipinski definition) is 6. The van der Waals surface area contributed by atoms with Gasteiger partial charge in [-0.05, 0) is 56.4 Å². The van der Waals surface area contributed by atoms with Gasteiger partial charge in [0.2, 0.25) is 0 Å². The Labute approximate surface area is 199 Å². The highest BCUT2D eigenvalue weighted by Gasteiger charge is 2.37. The fourth-order valence-electron chi connectivity index (χ4n) is 5.69. The van der Waals surface area contributed by atoms with Gasteiger partial charge in [-0.15, -0.1) is 0 Å². The molecule has 34 heavy (non-hydrogen) atoms. The summed E-state index contributed by atoms with van der Waals surface area (Å²) in [4.78, 5) is 15.8. The molecule has 6 heterocycles. The zero-order valence-corrected chi connectivity index (χ0v) is 20.6. The number of aromatic nitrogens is 5. The average Bonchev–Trinajstić information content (AvgIpc) is 3.46. The third-order valence-corrected chi connectivity index (χ3v) is 7.72. The highest BCUT2D eigenvalue weighted by molar-refractivity contribution is 5.90. The van der Waals surface area contributed by atoms with Gasteiger partial charge in [0.05, 0.1) is 36.0 Å². The van der Waals surface area contributed by atoms with Crippen molar-refractivity contribution in [2.45, 2.75) is 65.1 Å². The summed E-state index contributed by atoms with van der Waals surface area (Å²) < 4.78 is 7.29. The van der Waals surface area contributed by atoms with Crippen LogP contribution in [0.15, 0.2) is 24.7 Å². The Balaban J connectivity index is 1.37. The first kappa shape index (κ1) is 21.6. The van der Waals surface area contributed by atoms with Gasteiger partial charge < -0.3 is 15.0 Å². The van der Waals surface area contributed by atoms with Crippen molar-refractivity contribution in [3.05, 3.63) is 41.3 Å². The first-order valence-electron chi connectivity index (χ1n) is 12.3. The predicted molar refractivity (Wildman–Crippen MR) is 134 cm³/mol. The number of nitrogens with one attached hydrogen (secondary N) is 2. The second-order valence-corrected chi connectivity index (χ2v) is 10.3. The van der Waals surface area contributed by atoms with Crippen molar-refractivity contribution in [1.29, 1.82) is 0 Å². The monoisotopic (exact) mass is 459 g/mol. The summed E-state index contributed by atoms with van der Waals surface area (Å²) in [7, 11) is 0. The summed E-state index contributed by atoms with van der Waals surface area (Å²) in [5.41, 5.74) is 8.89. The summed E-state index contributed by atoms with van der Waals surface area (Å²) >= 11 is 0. The molecule has 2 saturated heterocycles. The first-order valence-corrected chi connectivity index (χ1v) is 12.3. The number of nitrogens with zero attached hydrogens (tertiary/aromatic N) is 5. The lowest BCUT2D eigenvalue weighted by molar-refractivity contribution is -0.0673. The summed E-state index contributed by atoms with van der Waals surface area (Å²) in [5.74, 6) is 1.27. The molecule has 4 aromatic rings. The molecule has 0 aromatic carbocycles. The van der Waals surface area contributed by atoms with Crippen LogP contribution < -0.4 is 5.32 Å². The molecule has 0 unspecified atom stereocenters. The number of aromatic amines is 1. The van der Waals surface area contributed by atoms with Crippen LogP contribution in [0.4, 0.5) is 5.82 Å². The molecule has 2 N–H and O–H groups in total. The Hall–Kier alpha value is -2.97. The van der Waals surface area contributed by atoms with Crippen molar-refractivity contribution in [2.75, 3.05) is 25.1 Å². The number of H-pyrrole nitrogens is 1. The molecule has 178 valence electrons. The minimum absolute atomic E-state index is 0.318. The van der Waals surface area contributed by atoms with Gasteiger partial charge >= 0.3 is 0 Å². The van der Waals surface area contributed by atoms with Gasteiger partial charge in [-0.1, -0.05) is 13.8 Å². The Bertz CT molecular complexity index is 1370. The number of likely N-dealkylation sites (tertiary alicyclic amines) is 1. The largest absolute Gasteiger partial charge is 0.378 e. The Morgan fingerprint density at radius 2 is 2.00 bits per heavy atom. The SMILES string of the molecule is Cc1c(-c2[nH]c3ccc(N[C@@H]4C[C@H](C)N(C5COC5)C4)nc3c2C(C)C)cn2ncnc2c1C. The van der Waals surface area contributed by atoms with Crippen molar-refractivity contribution < 1.29 is 4.74 Å². The van der Waals surface area contributed by atoms with Crippen molar-refractivity contribution in [2.24, 2.45) is 0 Å². The second kappa shape index (κ2) is 8.06. The molecule has 0 amide bonds. The lowest BCUT2D eigenvalue weighted by Crippen LogP contribution is -2.50. The molecule has 0 radical (unpaired) electrons. The van der Waals surface area contributed by atoms with Crippen LogP contribution in [-0.2, 0) is 4.74 Å². The van der Waals surface area contributed by atoms with Gasteiger partial charge in [0, 0.05) is 36.0 Å². The molecule has 0 spiro atoms. The van der Waals surface area contributed by atoms with E-state index in [1.54, 1.807) is 6.33 Å². The topological polar surface area (TPSA) is 83.4 Å². The van der Waals surface area contributed by atoms with E-state index in [4.69, 9.17) is 9.72 Å². The van der Waals surface area contributed by atoms with Crippen molar-refractivity contribution in [3.8, 4) is 11.3 Å². The molecule has 0 bridgehead atoms. The zero-order valence-electron chi connectivity index (χ0n) is 20.6. The number of aryl methyl sites for hydroxylation is 1. The number of hydrogen-bond donors (Lipinski definition) is 2. The fraction of sp³-hybridized carbons (Fsp3) is 0.500. The number of rotatable bonds is 5. The van der Waals surface area contributed by atoms with Crippen LogP contribution in [0.2, 0.25) is 0 Å². The van der Waals surface area contributed by atoms with E-state index in [1.807, 2.05) is 4.52 Å². The predicted octanol–water partition coefficient (Wildman–Crippen LogP) is 4.29. The molecule has 8 heteroatoms. The maximum atomic E-state index is 5.42. The van der Waals surface area contributed by atoms with E-state index in [9.17, 15) is 0 Å². The molecular weight excluding hydrogens is 426 g/mol. The molecule has 0 saturated carbocycles. The van der Waals surface area contributed by atoms with Crippen LogP contribution in [0.3, 0.4) is 0 Å². The molecule has 0 aliphatic carbocycles. The minimum atomic E-state index is 0.318. The molecule has 2 aliphatic rings. The quantitative estimate of drug-likeness (QED) is 0.463. The first-order chi connectivity index (χ1) is 16.4. The smallest absolute Gasteiger partial charge is 0.158 e. The average molecular weight is 460 g/mol. The van der Waals surface area contributed by atoms with Gasteiger partial charge in [-0.25, -0.2) is 14.5 Å². The van der Waals surface area contributed by atoms with Gasteiger partial charge in [0.1, 0.15) is 12.1 Å². The van der Waals surface area contributed by atoms with E-state index in [2.05, 4.69) is 78.2 Å². The van der Waals surface area contributed by atoms with Crippen molar-refractivity contribution >= 4 is 22.5 Å². The Morgan fingerprint density at radius 1 is 1.18 bits per heavy atom. The van der Waals surface area contributed by atoms with E-state index in [-0.39, 0.29) is 0 Å². The lowest BCUT2D eigenvalue weighted by Gasteiger charge is -2.37. The summed E-state index contributed by atoms with van der Waals surface area (Å²) in [6, 6.07) is 5.81. The van der Waals surface area contributed by atoms with E-state index < -0.39 is 0 Å². The number of pyridine rings is 2. The summed E-state index contributed by atoms with van der Waals surface area (Å²) in [6.45, 7) is 13.8. The minimum Gasteiger partial charge on any atom is -0.378 e. The van der Waals surface area contributed by atoms with Crippen LogP contribution in [0, 0.1) is 13.8 Å². The van der Waals surface area contributed by atoms with E-state index >= 15 is 0 Å². The Morgan fingerprint density at radius 3 is 2.74 bits per heavy atom. The van der Waals surface area contributed by atoms with Gasteiger partial charge in [-0.3, -0.25) is 4.90 Å². The fourth-order valence-corrected chi connectivity index (χ4v) is 5.69. The second-order valence-electron chi connectivity index (χ2n) is 10.3. The molecule has 2 fully saturated rings. The summed E-state index contributed by atoms with van der Waals surface area (Å²) in [5, 5.41) is 8.12. The van der Waals surface area contributed by atoms with Crippen LogP contribution in [0.25, 0.3) is 27.9 Å². The standard InChI is InChI=1S/C26H33N7O/c1-14(2)23-24(20-10-33-26(27-13-28-33)17(5)16(20)4)30-21-6-7-22(31-25(21)23)29-18-8-15(3)32(9-18)19-11-34-12-19/h6-7,10,13-15,18-19,30H,8-9,11-12H2,1-5H3,(H,29,31)/t15-,18+/m0/s1. The van der Waals surface area contributed by atoms with E-state index in [1.165, 1.54) is 11.1 Å². The molecule has 2 atom stereocenters. The van der Waals surface area contributed by atoms with E-state index in [0.29, 0.717) is 24.0 Å². The highest BCUT2D eigenvalue weighted by Crippen LogP contribution is 2.38. The van der Waals surface area contributed by atoms with E-state index in [0.717, 1.165) is 65.5 Å². The number of fused-ring (bicyclic) bond motifs is 2. The maximum absolute atomic E-state index is 5.42. The Kier molecular flexibility index (Phi) is 5.11. The molecule has 4 aromatic heterocycles. The summed E-state index contributed by atoms with van der Waals surface area (Å²) in [6.07, 6.45) is 4.82. The molecule has 6 rings (SSSR count). The molecule has 2 aliphatic heterocycles. The number of anilines is 1. The van der Waals surface area contributed by atoms with Gasteiger partial charge in [0.25, 0.3) is 0 Å². The van der Waals surface area contributed by atoms with Crippen molar-refractivity contribution in [3.63, 3.8) is 0 Å². The molecular formula is C26H33N7O.